The van der Waals surface area contributed by atoms with Crippen LogP contribution in [0.4, 0.5) is 16.0 Å². The van der Waals surface area contributed by atoms with Gasteiger partial charge in [0, 0.05) is 56.2 Å². The molecule has 0 spiro atoms. The van der Waals surface area contributed by atoms with Gasteiger partial charge in [-0.15, -0.1) is 0 Å². The molecule has 3 aromatic rings. The van der Waals surface area contributed by atoms with Crippen LogP contribution in [0, 0.1) is 5.82 Å². The molecule has 1 aliphatic heterocycles. The highest BCUT2D eigenvalue weighted by Gasteiger charge is 2.27. The highest BCUT2D eigenvalue weighted by molar-refractivity contribution is 5.88. The zero-order chi connectivity index (χ0) is 22.1. The van der Waals surface area contributed by atoms with Crippen LogP contribution in [-0.2, 0) is 7.05 Å². The Morgan fingerprint density at radius 1 is 1.19 bits per heavy atom. The van der Waals surface area contributed by atoms with Crippen molar-refractivity contribution in [2.45, 2.75) is 13.0 Å². The third-order valence-electron chi connectivity index (χ3n) is 5.52. The van der Waals surface area contributed by atoms with E-state index in [-0.39, 0.29) is 28.4 Å². The van der Waals surface area contributed by atoms with E-state index in [0.717, 1.165) is 11.9 Å². The average Bonchev–Trinajstić information content (AvgIpc) is 2.76. The lowest BCUT2D eigenvalue weighted by molar-refractivity contribution is 0.0697. The largest absolute Gasteiger partial charge is 0.478 e. The van der Waals surface area contributed by atoms with E-state index in [0.29, 0.717) is 25.6 Å². The number of nitrogens with zero attached hydrogens (tertiary/aromatic N) is 5. The summed E-state index contributed by atoms with van der Waals surface area (Å²) in [5, 5.41) is 9.08. The zero-order valence-corrected chi connectivity index (χ0v) is 17.2. The van der Waals surface area contributed by atoms with Crippen molar-refractivity contribution < 1.29 is 14.3 Å². The normalized spacial score (nSPS) is 16.4. The fraction of sp³-hybridized carbons (Fsp3) is 0.273. The maximum atomic E-state index is 14.2. The Balaban J connectivity index is 1.60. The van der Waals surface area contributed by atoms with Crippen LogP contribution in [0.3, 0.4) is 0 Å². The van der Waals surface area contributed by atoms with E-state index in [9.17, 15) is 14.0 Å². The van der Waals surface area contributed by atoms with Crippen molar-refractivity contribution >= 4 is 17.6 Å². The number of hydrogen-bond acceptors (Lipinski definition) is 6. The number of rotatable bonds is 4. The van der Waals surface area contributed by atoms with Crippen LogP contribution in [0.2, 0.25) is 0 Å². The molecule has 1 unspecified atom stereocenters. The van der Waals surface area contributed by atoms with Gasteiger partial charge in [-0.2, -0.15) is 0 Å². The van der Waals surface area contributed by atoms with Crippen LogP contribution in [0.15, 0.2) is 53.6 Å². The summed E-state index contributed by atoms with van der Waals surface area (Å²) in [4.78, 5) is 36.2. The second-order valence-electron chi connectivity index (χ2n) is 7.53. The molecule has 0 bridgehead atoms. The monoisotopic (exact) mass is 423 g/mol. The summed E-state index contributed by atoms with van der Waals surface area (Å²) in [5.41, 5.74) is 1.42. The van der Waals surface area contributed by atoms with E-state index in [1.165, 1.54) is 22.9 Å². The Morgan fingerprint density at radius 3 is 2.58 bits per heavy atom. The van der Waals surface area contributed by atoms with Gasteiger partial charge in [0.05, 0.1) is 17.5 Å². The quantitative estimate of drug-likeness (QED) is 0.689. The van der Waals surface area contributed by atoms with Gasteiger partial charge in [-0.3, -0.25) is 14.3 Å². The number of carboxylic acids is 1. The number of anilines is 2. The van der Waals surface area contributed by atoms with Gasteiger partial charge in [0.1, 0.15) is 0 Å². The fourth-order valence-electron chi connectivity index (χ4n) is 3.81. The summed E-state index contributed by atoms with van der Waals surface area (Å²) >= 11 is 0. The first kappa shape index (κ1) is 20.5. The first-order chi connectivity index (χ1) is 14.8. The zero-order valence-electron chi connectivity index (χ0n) is 17.2. The predicted octanol–water partition coefficient (Wildman–Crippen LogP) is 2.39. The predicted molar refractivity (Wildman–Crippen MR) is 115 cm³/mol. The second-order valence-corrected chi connectivity index (χ2v) is 7.53. The molecule has 31 heavy (non-hydrogen) atoms. The van der Waals surface area contributed by atoms with Crippen LogP contribution in [0.1, 0.15) is 17.3 Å². The lowest BCUT2D eigenvalue weighted by atomic mass is 10.1. The third kappa shape index (κ3) is 3.98. The summed E-state index contributed by atoms with van der Waals surface area (Å²) in [6, 6.07) is 9.62. The first-order valence-electron chi connectivity index (χ1n) is 9.88. The number of piperazine rings is 1. The van der Waals surface area contributed by atoms with Gasteiger partial charge in [-0.05, 0) is 37.3 Å². The molecule has 3 heterocycles. The first-order valence-corrected chi connectivity index (χ1v) is 9.88. The summed E-state index contributed by atoms with van der Waals surface area (Å²) in [5.74, 6) is -1.01. The molecule has 0 aliphatic carbocycles. The number of carbonyl (C=O) groups is 1. The van der Waals surface area contributed by atoms with Crippen LogP contribution in [0.25, 0.3) is 11.3 Å². The van der Waals surface area contributed by atoms with Crippen LogP contribution in [-0.4, -0.2) is 51.3 Å². The second kappa shape index (κ2) is 8.17. The molecule has 4 rings (SSSR count). The van der Waals surface area contributed by atoms with Crippen molar-refractivity contribution in [2.24, 2.45) is 7.05 Å². The van der Waals surface area contributed by atoms with Crippen LogP contribution < -0.4 is 15.4 Å². The minimum Gasteiger partial charge on any atom is -0.478 e. The molecule has 9 heteroatoms. The number of hydrogen-bond donors (Lipinski definition) is 1. The van der Waals surface area contributed by atoms with Crippen molar-refractivity contribution in [1.82, 2.24) is 14.5 Å². The molecule has 0 radical (unpaired) electrons. The highest BCUT2D eigenvalue weighted by atomic mass is 19.1. The number of pyridine rings is 1. The summed E-state index contributed by atoms with van der Waals surface area (Å²) in [6.07, 6.45) is 2.57. The lowest BCUT2D eigenvalue weighted by Crippen LogP contribution is -2.53. The van der Waals surface area contributed by atoms with Gasteiger partial charge in [0.15, 0.2) is 5.82 Å². The van der Waals surface area contributed by atoms with Gasteiger partial charge in [0.2, 0.25) is 5.95 Å². The van der Waals surface area contributed by atoms with E-state index >= 15 is 0 Å². The number of halogens is 1. The Kier molecular flexibility index (Phi) is 5.41. The summed E-state index contributed by atoms with van der Waals surface area (Å²) in [6.45, 7) is 3.96. The smallest absolute Gasteiger partial charge is 0.335 e. The Hall–Kier alpha value is -3.75. The van der Waals surface area contributed by atoms with Gasteiger partial charge in [0.25, 0.3) is 5.56 Å². The Labute approximate surface area is 178 Å². The molecule has 2 aromatic heterocycles. The molecule has 1 saturated heterocycles. The maximum absolute atomic E-state index is 14.2. The third-order valence-corrected chi connectivity index (χ3v) is 5.52. The molecule has 8 nitrogen and oxygen atoms in total. The van der Waals surface area contributed by atoms with Crippen molar-refractivity contribution in [1.29, 1.82) is 0 Å². The molecule has 1 atom stereocenters. The van der Waals surface area contributed by atoms with Crippen molar-refractivity contribution in [3.63, 3.8) is 0 Å². The van der Waals surface area contributed by atoms with E-state index in [1.807, 2.05) is 11.8 Å². The summed E-state index contributed by atoms with van der Waals surface area (Å²) < 4.78 is 15.7. The SMILES string of the molecule is CC1CN(c2ccc(C(=O)O)cc2)CCN1c1nc(-c2ccncc2F)cc(=O)n1C. The average molecular weight is 423 g/mol. The van der Waals surface area contributed by atoms with Gasteiger partial charge in [-0.1, -0.05) is 0 Å². The minimum atomic E-state index is -0.956. The lowest BCUT2D eigenvalue weighted by Gasteiger charge is -2.42. The Bertz CT molecular complexity index is 1180. The Morgan fingerprint density at radius 2 is 1.94 bits per heavy atom. The van der Waals surface area contributed by atoms with Crippen molar-refractivity contribution in [3.05, 3.63) is 70.5 Å². The number of aromatic nitrogens is 3. The molecule has 1 N–H and O–H groups in total. The molecular weight excluding hydrogens is 401 g/mol. The topological polar surface area (TPSA) is 91.6 Å². The van der Waals surface area contributed by atoms with E-state index in [1.54, 1.807) is 31.3 Å². The molecule has 0 saturated carbocycles. The highest BCUT2D eigenvalue weighted by Crippen LogP contribution is 2.25. The standard InChI is InChI=1S/C22H22FN5O3/c1-14-13-27(16-5-3-15(4-6-16)21(30)31)9-10-28(14)22-25-19(11-20(29)26(22)2)17-7-8-24-12-18(17)23/h3-8,11-12,14H,9-10,13H2,1-2H3,(H,30,31). The number of benzene rings is 1. The van der Waals surface area contributed by atoms with Gasteiger partial charge >= 0.3 is 5.97 Å². The summed E-state index contributed by atoms with van der Waals surface area (Å²) in [7, 11) is 1.65. The van der Waals surface area contributed by atoms with Crippen molar-refractivity contribution in [3.8, 4) is 11.3 Å². The minimum absolute atomic E-state index is 0.0172. The number of aromatic carboxylic acids is 1. The van der Waals surface area contributed by atoms with Crippen molar-refractivity contribution in [2.75, 3.05) is 29.4 Å². The number of carboxylic acid groups (broad SMARTS) is 1. The van der Waals surface area contributed by atoms with Gasteiger partial charge in [-0.25, -0.2) is 14.2 Å². The molecule has 1 fully saturated rings. The molecule has 1 aromatic carbocycles. The van der Waals surface area contributed by atoms with E-state index < -0.39 is 11.8 Å². The van der Waals surface area contributed by atoms with E-state index in [4.69, 9.17) is 5.11 Å². The van der Waals surface area contributed by atoms with Gasteiger partial charge < -0.3 is 14.9 Å². The molecule has 0 amide bonds. The maximum Gasteiger partial charge on any atom is 0.335 e. The van der Waals surface area contributed by atoms with Crippen LogP contribution in [0.5, 0.6) is 0 Å². The molecule has 160 valence electrons. The molecule has 1 aliphatic rings. The molecular formula is C22H22FN5O3. The van der Waals surface area contributed by atoms with Crippen LogP contribution >= 0.6 is 0 Å². The van der Waals surface area contributed by atoms with E-state index in [2.05, 4.69) is 14.9 Å². The fourth-order valence-corrected chi connectivity index (χ4v) is 3.81.